The molecule has 6 heteroatoms. The minimum absolute atomic E-state index is 0.490. The van der Waals surface area contributed by atoms with Crippen LogP contribution in [-0.4, -0.2) is 32.2 Å². The molecular formula is C12H16ClN5. The van der Waals surface area contributed by atoms with Crippen LogP contribution < -0.4 is 4.90 Å². The zero-order valence-corrected chi connectivity index (χ0v) is 11.5. The van der Waals surface area contributed by atoms with E-state index in [1.54, 1.807) is 4.52 Å². The van der Waals surface area contributed by atoms with Crippen LogP contribution in [0.15, 0.2) is 6.33 Å². The van der Waals surface area contributed by atoms with Crippen LogP contribution in [0.1, 0.15) is 25.8 Å². The van der Waals surface area contributed by atoms with Crippen molar-refractivity contribution in [3.8, 4) is 0 Å². The first-order valence-corrected chi connectivity index (χ1v) is 6.58. The predicted octanol–water partition coefficient (Wildman–Crippen LogP) is 2.32. The first kappa shape index (κ1) is 11.7. The van der Waals surface area contributed by atoms with E-state index in [-0.39, 0.29) is 0 Å². The Kier molecular flexibility index (Phi) is 2.66. The Morgan fingerprint density at radius 2 is 2.17 bits per heavy atom. The van der Waals surface area contributed by atoms with Gasteiger partial charge in [0.25, 0.3) is 5.78 Å². The zero-order chi connectivity index (χ0) is 12.9. The number of rotatable bonds is 1. The van der Waals surface area contributed by atoms with E-state index in [0.29, 0.717) is 22.9 Å². The third-order valence-electron chi connectivity index (χ3n) is 3.63. The highest BCUT2D eigenvalue weighted by molar-refractivity contribution is 6.30. The number of anilines is 1. The molecule has 96 valence electrons. The van der Waals surface area contributed by atoms with Gasteiger partial charge in [0, 0.05) is 18.2 Å². The van der Waals surface area contributed by atoms with Crippen molar-refractivity contribution in [1.82, 2.24) is 19.6 Å². The van der Waals surface area contributed by atoms with E-state index in [0.717, 1.165) is 17.9 Å². The van der Waals surface area contributed by atoms with Crippen molar-refractivity contribution in [1.29, 1.82) is 0 Å². The van der Waals surface area contributed by atoms with Gasteiger partial charge in [-0.1, -0.05) is 18.5 Å². The molecule has 0 aromatic carbocycles. The van der Waals surface area contributed by atoms with Crippen molar-refractivity contribution in [3.05, 3.63) is 17.0 Å². The Bertz CT molecular complexity index is 593. The molecule has 2 aromatic heterocycles. The highest BCUT2D eigenvalue weighted by Gasteiger charge is 2.30. The largest absolute Gasteiger partial charge is 0.353 e. The Labute approximate surface area is 111 Å². The van der Waals surface area contributed by atoms with Crippen LogP contribution in [0.2, 0.25) is 5.15 Å². The standard InChI is InChI=1S/C12H16ClN5/c1-7-4-8(2)17(5-7)11-9(3)10(13)16-12-14-6-15-18(11)12/h6-8H,4-5H2,1-3H3. The minimum atomic E-state index is 0.490. The predicted molar refractivity (Wildman–Crippen MR) is 71.1 cm³/mol. The van der Waals surface area contributed by atoms with Crippen LogP contribution in [-0.2, 0) is 0 Å². The van der Waals surface area contributed by atoms with E-state index < -0.39 is 0 Å². The molecule has 0 aliphatic carbocycles. The SMILES string of the molecule is Cc1c(Cl)nc2ncnn2c1N1CC(C)CC1C. The summed E-state index contributed by atoms with van der Waals surface area (Å²) in [5.74, 6) is 2.27. The molecule has 2 unspecified atom stereocenters. The topological polar surface area (TPSA) is 46.3 Å². The Balaban J connectivity index is 2.21. The van der Waals surface area contributed by atoms with Crippen LogP contribution in [0, 0.1) is 12.8 Å². The number of fused-ring (bicyclic) bond motifs is 1. The third-order valence-corrected chi connectivity index (χ3v) is 4.00. The van der Waals surface area contributed by atoms with Gasteiger partial charge >= 0.3 is 0 Å². The van der Waals surface area contributed by atoms with Gasteiger partial charge in [-0.25, -0.2) is 0 Å². The molecule has 2 aromatic rings. The van der Waals surface area contributed by atoms with Gasteiger partial charge in [0.15, 0.2) is 0 Å². The summed E-state index contributed by atoms with van der Waals surface area (Å²) in [6, 6.07) is 0.490. The Hall–Kier alpha value is -1.36. The van der Waals surface area contributed by atoms with Crippen molar-refractivity contribution in [2.75, 3.05) is 11.4 Å². The van der Waals surface area contributed by atoms with E-state index in [4.69, 9.17) is 11.6 Å². The minimum Gasteiger partial charge on any atom is -0.353 e. The highest BCUT2D eigenvalue weighted by Crippen LogP contribution is 2.33. The third kappa shape index (κ3) is 1.65. The number of halogens is 1. The summed E-state index contributed by atoms with van der Waals surface area (Å²) in [6.07, 6.45) is 2.71. The van der Waals surface area contributed by atoms with Crippen molar-refractivity contribution in [2.45, 2.75) is 33.2 Å². The van der Waals surface area contributed by atoms with Crippen molar-refractivity contribution in [2.24, 2.45) is 5.92 Å². The summed E-state index contributed by atoms with van der Waals surface area (Å²) >= 11 is 6.19. The van der Waals surface area contributed by atoms with Crippen molar-refractivity contribution >= 4 is 23.2 Å². The molecule has 0 spiro atoms. The number of nitrogens with zero attached hydrogens (tertiary/aromatic N) is 5. The summed E-state index contributed by atoms with van der Waals surface area (Å²) in [5, 5.41) is 4.78. The first-order valence-electron chi connectivity index (χ1n) is 6.20. The maximum atomic E-state index is 6.19. The van der Waals surface area contributed by atoms with Gasteiger partial charge in [-0.05, 0) is 26.2 Å². The molecule has 0 radical (unpaired) electrons. The summed E-state index contributed by atoms with van der Waals surface area (Å²) in [6.45, 7) is 7.52. The molecule has 18 heavy (non-hydrogen) atoms. The lowest BCUT2D eigenvalue weighted by molar-refractivity contribution is 0.624. The van der Waals surface area contributed by atoms with Crippen LogP contribution in [0.5, 0.6) is 0 Å². The maximum absolute atomic E-state index is 6.19. The molecule has 2 atom stereocenters. The molecule has 0 bridgehead atoms. The average Bonchev–Trinajstić information content (AvgIpc) is 2.87. The van der Waals surface area contributed by atoms with Crippen LogP contribution in [0.25, 0.3) is 5.78 Å². The molecule has 0 N–H and O–H groups in total. The van der Waals surface area contributed by atoms with E-state index in [1.807, 2.05) is 6.92 Å². The van der Waals surface area contributed by atoms with E-state index in [1.165, 1.54) is 12.7 Å². The fourth-order valence-electron chi connectivity index (χ4n) is 2.82. The lowest BCUT2D eigenvalue weighted by Gasteiger charge is -2.25. The second-order valence-electron chi connectivity index (χ2n) is 5.17. The van der Waals surface area contributed by atoms with Gasteiger partial charge in [0.2, 0.25) is 0 Å². The van der Waals surface area contributed by atoms with Gasteiger partial charge in [-0.3, -0.25) is 0 Å². The molecule has 3 rings (SSSR count). The maximum Gasteiger partial charge on any atom is 0.255 e. The second kappa shape index (κ2) is 4.09. The van der Waals surface area contributed by atoms with Crippen LogP contribution in [0.4, 0.5) is 5.82 Å². The molecular weight excluding hydrogens is 250 g/mol. The normalized spacial score (nSPS) is 24.1. The number of hydrogen-bond donors (Lipinski definition) is 0. The Morgan fingerprint density at radius 1 is 1.39 bits per heavy atom. The van der Waals surface area contributed by atoms with Gasteiger partial charge < -0.3 is 4.90 Å². The van der Waals surface area contributed by atoms with E-state index in [9.17, 15) is 0 Å². The van der Waals surface area contributed by atoms with Crippen molar-refractivity contribution < 1.29 is 0 Å². The van der Waals surface area contributed by atoms with Gasteiger partial charge in [-0.2, -0.15) is 19.6 Å². The quantitative estimate of drug-likeness (QED) is 0.743. The molecule has 1 aliphatic heterocycles. The molecule has 1 aliphatic rings. The highest BCUT2D eigenvalue weighted by atomic mass is 35.5. The summed E-state index contributed by atoms with van der Waals surface area (Å²) in [4.78, 5) is 10.7. The molecule has 1 fully saturated rings. The Morgan fingerprint density at radius 3 is 2.83 bits per heavy atom. The fraction of sp³-hybridized carbons (Fsp3) is 0.583. The second-order valence-corrected chi connectivity index (χ2v) is 5.52. The molecule has 3 heterocycles. The summed E-state index contributed by atoms with van der Waals surface area (Å²) in [7, 11) is 0. The monoisotopic (exact) mass is 265 g/mol. The molecule has 0 amide bonds. The van der Waals surface area contributed by atoms with E-state index >= 15 is 0 Å². The van der Waals surface area contributed by atoms with Crippen LogP contribution in [0.3, 0.4) is 0 Å². The van der Waals surface area contributed by atoms with Gasteiger partial charge in [-0.15, -0.1) is 0 Å². The zero-order valence-electron chi connectivity index (χ0n) is 10.8. The first-order chi connectivity index (χ1) is 8.58. The van der Waals surface area contributed by atoms with Crippen LogP contribution >= 0.6 is 11.6 Å². The van der Waals surface area contributed by atoms with E-state index in [2.05, 4.69) is 33.8 Å². The lowest BCUT2D eigenvalue weighted by atomic mass is 10.1. The number of aromatic nitrogens is 4. The summed E-state index contributed by atoms with van der Waals surface area (Å²) < 4.78 is 1.79. The summed E-state index contributed by atoms with van der Waals surface area (Å²) in [5.41, 5.74) is 0.968. The van der Waals surface area contributed by atoms with Gasteiger partial charge in [0.1, 0.15) is 17.3 Å². The average molecular weight is 266 g/mol. The van der Waals surface area contributed by atoms with Gasteiger partial charge in [0.05, 0.1) is 0 Å². The van der Waals surface area contributed by atoms with Crippen molar-refractivity contribution in [3.63, 3.8) is 0 Å². The molecule has 5 nitrogen and oxygen atoms in total. The fourth-order valence-corrected chi connectivity index (χ4v) is 2.98. The number of hydrogen-bond acceptors (Lipinski definition) is 4. The molecule has 1 saturated heterocycles. The smallest absolute Gasteiger partial charge is 0.255 e. The molecule has 0 saturated carbocycles. The lowest BCUT2D eigenvalue weighted by Crippen LogP contribution is -2.30.